The molecule has 1 atom stereocenters. The normalized spacial score (nSPS) is 12.5. The van der Waals surface area contributed by atoms with Gasteiger partial charge in [-0.05, 0) is 64.2 Å². The number of carbonyl (C=O) groups is 3. The smallest absolute Gasteiger partial charge is 0.306 e. The first-order valence-corrected chi connectivity index (χ1v) is 27.8. The third kappa shape index (κ3) is 51.9. The molecular weight excluding hydrogens is 805 g/mol. The van der Waals surface area contributed by atoms with E-state index >= 15 is 0 Å². The molecule has 0 saturated heterocycles. The van der Waals surface area contributed by atoms with Gasteiger partial charge in [0.05, 0.1) is 0 Å². The number of hydrogen-bond donors (Lipinski definition) is 0. The highest BCUT2D eigenvalue weighted by Crippen LogP contribution is 2.16. The summed E-state index contributed by atoms with van der Waals surface area (Å²) >= 11 is 0. The van der Waals surface area contributed by atoms with E-state index in [1.807, 2.05) is 30.4 Å². The first-order valence-electron chi connectivity index (χ1n) is 27.8. The van der Waals surface area contributed by atoms with E-state index in [-0.39, 0.29) is 31.1 Å². The van der Waals surface area contributed by atoms with Gasteiger partial charge in [0.15, 0.2) is 6.10 Å². The highest BCUT2D eigenvalue weighted by atomic mass is 16.6. The molecule has 1 unspecified atom stereocenters. The summed E-state index contributed by atoms with van der Waals surface area (Å²) in [6.45, 7) is 6.49. The second-order valence-corrected chi connectivity index (χ2v) is 18.6. The average molecular weight is 909 g/mol. The second-order valence-electron chi connectivity index (χ2n) is 18.6. The van der Waals surface area contributed by atoms with Crippen LogP contribution >= 0.6 is 0 Å². The summed E-state index contributed by atoms with van der Waals surface area (Å²) in [6, 6.07) is 0. The number of hydrogen-bond acceptors (Lipinski definition) is 6. The molecule has 65 heavy (non-hydrogen) atoms. The molecule has 0 aliphatic carbocycles. The molecule has 0 heterocycles. The summed E-state index contributed by atoms with van der Waals surface area (Å²) < 4.78 is 16.8. The number of carbonyl (C=O) groups excluding carboxylic acids is 3. The molecule has 0 bridgehead atoms. The van der Waals surface area contributed by atoms with Crippen molar-refractivity contribution >= 4 is 17.9 Å². The summed E-state index contributed by atoms with van der Waals surface area (Å²) in [5.74, 6) is -0.921. The minimum absolute atomic E-state index is 0.0870. The Morgan fingerprint density at radius 2 is 0.615 bits per heavy atom. The lowest BCUT2D eigenvalue weighted by Gasteiger charge is -2.18. The fourth-order valence-corrected chi connectivity index (χ4v) is 7.92. The lowest BCUT2D eigenvalue weighted by molar-refractivity contribution is -0.167. The van der Waals surface area contributed by atoms with Gasteiger partial charge in [0.1, 0.15) is 13.2 Å². The number of unbranched alkanes of at least 4 members (excludes halogenated alkanes) is 32. The Morgan fingerprint density at radius 1 is 0.323 bits per heavy atom. The van der Waals surface area contributed by atoms with E-state index in [4.69, 9.17) is 14.2 Å². The van der Waals surface area contributed by atoms with Crippen molar-refractivity contribution in [1.29, 1.82) is 0 Å². The molecule has 0 N–H and O–H groups in total. The molecule has 0 saturated carbocycles. The Morgan fingerprint density at radius 3 is 1.00 bits per heavy atom. The van der Waals surface area contributed by atoms with Crippen LogP contribution in [0.1, 0.15) is 278 Å². The van der Waals surface area contributed by atoms with E-state index in [1.165, 1.54) is 167 Å². The van der Waals surface area contributed by atoms with Crippen molar-refractivity contribution < 1.29 is 28.6 Å². The van der Waals surface area contributed by atoms with Crippen LogP contribution in [0.25, 0.3) is 0 Å². The van der Waals surface area contributed by atoms with Crippen molar-refractivity contribution in [2.75, 3.05) is 13.2 Å². The van der Waals surface area contributed by atoms with Crippen molar-refractivity contribution in [3.8, 4) is 0 Å². The molecule has 0 radical (unpaired) electrons. The minimum atomic E-state index is -0.789. The summed E-state index contributed by atoms with van der Waals surface area (Å²) in [4.78, 5) is 38.1. The third-order valence-corrected chi connectivity index (χ3v) is 12.1. The van der Waals surface area contributed by atoms with Crippen molar-refractivity contribution in [3.63, 3.8) is 0 Å². The highest BCUT2D eigenvalue weighted by Gasteiger charge is 2.19. The van der Waals surface area contributed by atoms with Gasteiger partial charge in [-0.1, -0.05) is 255 Å². The fraction of sp³-hybridized carbons (Fsp3) is 0.780. The van der Waals surface area contributed by atoms with Crippen molar-refractivity contribution in [2.24, 2.45) is 0 Å². The summed E-state index contributed by atoms with van der Waals surface area (Å²) in [5.41, 5.74) is 0. The predicted octanol–water partition coefficient (Wildman–Crippen LogP) is 18.4. The van der Waals surface area contributed by atoms with Gasteiger partial charge in [0.25, 0.3) is 0 Å². The van der Waals surface area contributed by atoms with Crippen LogP contribution in [0.15, 0.2) is 60.8 Å². The largest absolute Gasteiger partial charge is 0.462 e. The zero-order chi connectivity index (χ0) is 47.2. The molecule has 6 heteroatoms. The van der Waals surface area contributed by atoms with Gasteiger partial charge >= 0.3 is 17.9 Å². The maximum Gasteiger partial charge on any atom is 0.306 e. The zero-order valence-electron chi connectivity index (χ0n) is 43.0. The standard InChI is InChI=1S/C59H104O6/c1-4-7-10-13-16-19-22-25-27-28-29-30-32-34-37-40-43-46-49-52-58(61)64-55-56(54-63-57(60)51-48-45-42-39-36-33-24-21-18-15-12-9-6-3)65-59(62)53-50-47-44-41-38-35-31-26-23-20-17-14-11-8-5-2/h9,12,15,18,21,24,28-29,33,36,56H,4-8,10-11,13-14,16-17,19-20,22-23,25-27,30-32,34-35,37-55H2,1-3H3/b12-9+,18-15+,24-21+,29-28+,36-33+. The van der Waals surface area contributed by atoms with Crippen LogP contribution in [-0.4, -0.2) is 37.2 Å². The minimum Gasteiger partial charge on any atom is -0.462 e. The number of rotatable bonds is 50. The molecule has 0 aromatic carbocycles. The molecule has 0 fully saturated rings. The van der Waals surface area contributed by atoms with Gasteiger partial charge in [-0.25, -0.2) is 0 Å². The zero-order valence-corrected chi connectivity index (χ0v) is 43.0. The topological polar surface area (TPSA) is 78.9 Å². The van der Waals surface area contributed by atoms with Crippen LogP contribution < -0.4 is 0 Å². The Balaban J connectivity index is 4.38. The van der Waals surface area contributed by atoms with Gasteiger partial charge in [-0.15, -0.1) is 0 Å². The van der Waals surface area contributed by atoms with E-state index in [1.54, 1.807) is 0 Å². The first-order chi connectivity index (χ1) is 32.0. The van der Waals surface area contributed by atoms with Crippen LogP contribution in [0.3, 0.4) is 0 Å². The van der Waals surface area contributed by atoms with Crippen molar-refractivity contribution in [2.45, 2.75) is 284 Å². The molecule has 0 amide bonds. The summed E-state index contributed by atoms with van der Waals surface area (Å²) in [5, 5.41) is 0. The summed E-state index contributed by atoms with van der Waals surface area (Å²) in [6.07, 6.45) is 66.4. The number of ether oxygens (including phenoxy) is 3. The highest BCUT2D eigenvalue weighted by molar-refractivity contribution is 5.71. The van der Waals surface area contributed by atoms with Gasteiger partial charge in [-0.2, -0.15) is 0 Å². The predicted molar refractivity (Wildman–Crippen MR) is 279 cm³/mol. The van der Waals surface area contributed by atoms with Crippen LogP contribution in [0, 0.1) is 0 Å². The van der Waals surface area contributed by atoms with Crippen molar-refractivity contribution in [1.82, 2.24) is 0 Å². The fourth-order valence-electron chi connectivity index (χ4n) is 7.92. The quantitative estimate of drug-likeness (QED) is 0.0199. The molecule has 0 aromatic rings. The molecule has 0 rings (SSSR count). The van der Waals surface area contributed by atoms with E-state index in [0.29, 0.717) is 19.3 Å². The van der Waals surface area contributed by atoms with Gasteiger partial charge in [-0.3, -0.25) is 14.4 Å². The van der Waals surface area contributed by atoms with E-state index in [9.17, 15) is 14.4 Å². The molecule has 6 nitrogen and oxygen atoms in total. The second kappa shape index (κ2) is 53.7. The van der Waals surface area contributed by atoms with Gasteiger partial charge < -0.3 is 14.2 Å². The van der Waals surface area contributed by atoms with E-state index in [2.05, 4.69) is 51.2 Å². The lowest BCUT2D eigenvalue weighted by atomic mass is 10.0. The van der Waals surface area contributed by atoms with Crippen LogP contribution in [-0.2, 0) is 28.6 Å². The SMILES string of the molecule is CC/C=C/C=C/C=C/C=C/CCCCCC(=O)OCC(COC(=O)CCCCCCCCC/C=C/CCCCCCCCCC)OC(=O)CCCCCCCCCCCCCCCCC. The Bertz CT molecular complexity index is 1180. The molecular formula is C59H104O6. The average Bonchev–Trinajstić information content (AvgIpc) is 3.30. The first kappa shape index (κ1) is 62.1. The monoisotopic (exact) mass is 909 g/mol. The van der Waals surface area contributed by atoms with Crippen LogP contribution in [0.4, 0.5) is 0 Å². The van der Waals surface area contributed by atoms with E-state index in [0.717, 1.165) is 70.6 Å². The van der Waals surface area contributed by atoms with E-state index < -0.39 is 6.10 Å². The summed E-state index contributed by atoms with van der Waals surface area (Å²) in [7, 11) is 0. The van der Waals surface area contributed by atoms with Gasteiger partial charge in [0, 0.05) is 19.3 Å². The van der Waals surface area contributed by atoms with Gasteiger partial charge in [0.2, 0.25) is 0 Å². The third-order valence-electron chi connectivity index (χ3n) is 12.1. The maximum absolute atomic E-state index is 12.8. The molecule has 376 valence electrons. The van der Waals surface area contributed by atoms with Crippen molar-refractivity contribution in [3.05, 3.63) is 60.8 Å². The Hall–Kier alpha value is -2.89. The molecule has 0 spiro atoms. The van der Waals surface area contributed by atoms with Crippen LogP contribution in [0.2, 0.25) is 0 Å². The molecule has 0 aliphatic heterocycles. The Labute approximate surface area is 402 Å². The molecule has 0 aliphatic rings. The lowest BCUT2D eigenvalue weighted by Crippen LogP contribution is -2.30. The number of allylic oxidation sites excluding steroid dienone is 10. The number of esters is 3. The Kier molecular flexibility index (Phi) is 51.3. The maximum atomic E-state index is 12.8. The molecule has 0 aromatic heterocycles. The van der Waals surface area contributed by atoms with Crippen LogP contribution in [0.5, 0.6) is 0 Å².